The van der Waals surface area contributed by atoms with E-state index >= 15 is 0 Å². The summed E-state index contributed by atoms with van der Waals surface area (Å²) < 4.78 is 0. The molecule has 3 atom stereocenters. The van der Waals surface area contributed by atoms with E-state index in [1.54, 1.807) is 0 Å². The summed E-state index contributed by atoms with van der Waals surface area (Å²) in [5.74, 6) is 0.947. The van der Waals surface area contributed by atoms with Gasteiger partial charge < -0.3 is 10.2 Å². The van der Waals surface area contributed by atoms with Gasteiger partial charge in [-0.25, -0.2) is 0 Å². The van der Waals surface area contributed by atoms with Crippen molar-refractivity contribution in [1.29, 1.82) is 0 Å². The maximum Gasteiger partial charge on any atom is 0.00694 e. The highest BCUT2D eigenvalue weighted by Gasteiger charge is 2.22. The van der Waals surface area contributed by atoms with Crippen molar-refractivity contribution in [2.75, 3.05) is 19.6 Å². The molecule has 16 heavy (non-hydrogen) atoms. The number of likely N-dealkylation sites (tertiary alicyclic amines) is 1. The minimum Gasteiger partial charge on any atom is -0.314 e. The summed E-state index contributed by atoms with van der Waals surface area (Å²) in [6.45, 7) is 8.72. The lowest BCUT2D eigenvalue weighted by Gasteiger charge is -2.36. The summed E-state index contributed by atoms with van der Waals surface area (Å²) in [5.41, 5.74) is 0. The highest BCUT2D eigenvalue weighted by Crippen LogP contribution is 2.22. The molecular formula is C14H28N2. The van der Waals surface area contributed by atoms with Crippen LogP contribution in [0.3, 0.4) is 0 Å². The molecule has 3 unspecified atom stereocenters. The first-order valence-corrected chi connectivity index (χ1v) is 7.23. The summed E-state index contributed by atoms with van der Waals surface area (Å²) >= 11 is 0. The lowest BCUT2D eigenvalue weighted by atomic mass is 9.93. The van der Waals surface area contributed by atoms with Crippen LogP contribution in [0.4, 0.5) is 0 Å². The Bertz CT molecular complexity index is 199. The van der Waals surface area contributed by atoms with Crippen LogP contribution in [0.5, 0.6) is 0 Å². The Kier molecular flexibility index (Phi) is 4.66. The molecule has 0 aromatic carbocycles. The quantitative estimate of drug-likeness (QED) is 0.790. The fourth-order valence-electron chi connectivity index (χ4n) is 3.33. The van der Waals surface area contributed by atoms with Gasteiger partial charge in [-0.15, -0.1) is 0 Å². The Morgan fingerprint density at radius 3 is 2.81 bits per heavy atom. The molecule has 2 heteroatoms. The third-order valence-electron chi connectivity index (χ3n) is 4.44. The fraction of sp³-hybridized carbons (Fsp3) is 1.00. The van der Waals surface area contributed by atoms with E-state index in [4.69, 9.17) is 0 Å². The maximum absolute atomic E-state index is 3.59. The van der Waals surface area contributed by atoms with E-state index in [0.29, 0.717) is 0 Å². The fourth-order valence-corrected chi connectivity index (χ4v) is 3.33. The van der Waals surface area contributed by atoms with Crippen LogP contribution >= 0.6 is 0 Å². The summed E-state index contributed by atoms with van der Waals surface area (Å²) in [5, 5.41) is 3.59. The molecule has 0 aliphatic carbocycles. The van der Waals surface area contributed by atoms with Gasteiger partial charge in [0.2, 0.25) is 0 Å². The van der Waals surface area contributed by atoms with Gasteiger partial charge in [-0.05, 0) is 71.0 Å². The lowest BCUT2D eigenvalue weighted by molar-refractivity contribution is 0.126. The maximum atomic E-state index is 3.59. The normalized spacial score (nSPS) is 36.8. The average Bonchev–Trinajstić information content (AvgIpc) is 2.74. The second kappa shape index (κ2) is 6.02. The van der Waals surface area contributed by atoms with Crippen LogP contribution in [-0.2, 0) is 0 Å². The summed E-state index contributed by atoms with van der Waals surface area (Å²) in [7, 11) is 0. The molecule has 2 saturated heterocycles. The van der Waals surface area contributed by atoms with E-state index in [2.05, 4.69) is 24.1 Å². The lowest BCUT2D eigenvalue weighted by Crippen LogP contribution is -2.41. The molecule has 2 aliphatic rings. The minimum absolute atomic E-state index is 0.820. The zero-order valence-corrected chi connectivity index (χ0v) is 11.0. The molecule has 94 valence electrons. The predicted molar refractivity (Wildman–Crippen MR) is 69.7 cm³/mol. The molecule has 2 fully saturated rings. The molecule has 2 heterocycles. The van der Waals surface area contributed by atoms with Crippen LogP contribution in [0.2, 0.25) is 0 Å². The number of hydrogen-bond acceptors (Lipinski definition) is 2. The van der Waals surface area contributed by atoms with E-state index in [1.165, 1.54) is 58.2 Å². The first-order chi connectivity index (χ1) is 7.75. The number of piperidine rings is 1. The van der Waals surface area contributed by atoms with Gasteiger partial charge >= 0.3 is 0 Å². The number of nitrogens with one attached hydrogen (secondary N) is 1. The first-order valence-electron chi connectivity index (χ1n) is 7.23. The smallest absolute Gasteiger partial charge is 0.00694 e. The number of hydrogen-bond donors (Lipinski definition) is 1. The largest absolute Gasteiger partial charge is 0.314 e. The molecular weight excluding hydrogens is 196 g/mol. The molecule has 0 aromatic heterocycles. The summed E-state index contributed by atoms with van der Waals surface area (Å²) in [4.78, 5) is 2.70. The van der Waals surface area contributed by atoms with Crippen LogP contribution in [0, 0.1) is 5.92 Å². The van der Waals surface area contributed by atoms with E-state index in [1.807, 2.05) is 0 Å². The Labute approximate surface area is 101 Å². The van der Waals surface area contributed by atoms with Gasteiger partial charge in [0.1, 0.15) is 0 Å². The zero-order valence-electron chi connectivity index (χ0n) is 11.0. The van der Waals surface area contributed by atoms with Gasteiger partial charge in [0.05, 0.1) is 0 Å². The van der Waals surface area contributed by atoms with Gasteiger partial charge in [0.25, 0.3) is 0 Å². The molecule has 2 rings (SSSR count). The molecule has 0 radical (unpaired) electrons. The Morgan fingerprint density at radius 2 is 2.12 bits per heavy atom. The van der Waals surface area contributed by atoms with E-state index in [-0.39, 0.29) is 0 Å². The molecule has 1 N–H and O–H groups in total. The molecule has 2 nitrogen and oxygen atoms in total. The average molecular weight is 224 g/mol. The van der Waals surface area contributed by atoms with Crippen LogP contribution in [-0.4, -0.2) is 36.6 Å². The van der Waals surface area contributed by atoms with Crippen molar-refractivity contribution in [3.63, 3.8) is 0 Å². The van der Waals surface area contributed by atoms with E-state index < -0.39 is 0 Å². The SMILES string of the molecule is CC1CCN(CCCC2CCCN2)C(C)C1. The van der Waals surface area contributed by atoms with Crippen molar-refractivity contribution >= 4 is 0 Å². The van der Waals surface area contributed by atoms with E-state index in [0.717, 1.165) is 18.0 Å². The molecule has 0 spiro atoms. The van der Waals surface area contributed by atoms with Crippen LogP contribution in [0.25, 0.3) is 0 Å². The van der Waals surface area contributed by atoms with Crippen molar-refractivity contribution in [3.05, 3.63) is 0 Å². The minimum atomic E-state index is 0.820. The second-order valence-electron chi connectivity index (χ2n) is 5.95. The van der Waals surface area contributed by atoms with Gasteiger partial charge in [-0.2, -0.15) is 0 Å². The summed E-state index contributed by atoms with van der Waals surface area (Å²) in [6.07, 6.45) is 8.39. The van der Waals surface area contributed by atoms with Gasteiger partial charge in [0.15, 0.2) is 0 Å². The molecule has 0 bridgehead atoms. The molecule has 0 aromatic rings. The third-order valence-corrected chi connectivity index (χ3v) is 4.44. The van der Waals surface area contributed by atoms with Crippen molar-refractivity contribution in [1.82, 2.24) is 10.2 Å². The number of rotatable bonds is 4. The van der Waals surface area contributed by atoms with Gasteiger partial charge in [0, 0.05) is 12.1 Å². The Morgan fingerprint density at radius 1 is 1.25 bits per heavy atom. The number of nitrogens with zero attached hydrogens (tertiary/aromatic N) is 1. The van der Waals surface area contributed by atoms with Crippen LogP contribution in [0.15, 0.2) is 0 Å². The van der Waals surface area contributed by atoms with Crippen molar-refractivity contribution in [2.45, 2.75) is 64.5 Å². The van der Waals surface area contributed by atoms with Crippen molar-refractivity contribution in [2.24, 2.45) is 5.92 Å². The Balaban J connectivity index is 1.61. The molecule has 2 aliphatic heterocycles. The second-order valence-corrected chi connectivity index (χ2v) is 5.95. The topological polar surface area (TPSA) is 15.3 Å². The summed E-state index contributed by atoms with van der Waals surface area (Å²) in [6, 6.07) is 1.65. The van der Waals surface area contributed by atoms with Gasteiger partial charge in [-0.3, -0.25) is 0 Å². The highest BCUT2D eigenvalue weighted by molar-refractivity contribution is 4.78. The molecule has 0 saturated carbocycles. The van der Waals surface area contributed by atoms with Gasteiger partial charge in [-0.1, -0.05) is 6.92 Å². The monoisotopic (exact) mass is 224 g/mol. The Hall–Kier alpha value is -0.0800. The highest BCUT2D eigenvalue weighted by atomic mass is 15.2. The van der Waals surface area contributed by atoms with Crippen molar-refractivity contribution in [3.8, 4) is 0 Å². The van der Waals surface area contributed by atoms with E-state index in [9.17, 15) is 0 Å². The standard InChI is InChI=1S/C14H28N2/c1-12-7-10-16(13(2)11-12)9-4-6-14-5-3-8-15-14/h12-15H,3-11H2,1-2H3. The van der Waals surface area contributed by atoms with Crippen LogP contribution < -0.4 is 5.32 Å². The third kappa shape index (κ3) is 3.46. The van der Waals surface area contributed by atoms with Crippen LogP contribution in [0.1, 0.15) is 52.4 Å². The first kappa shape index (κ1) is 12.4. The molecule has 0 amide bonds. The zero-order chi connectivity index (χ0) is 11.4. The predicted octanol–water partition coefficient (Wildman–Crippen LogP) is 2.64. The van der Waals surface area contributed by atoms with Crippen molar-refractivity contribution < 1.29 is 0 Å².